The minimum Gasteiger partial charge on any atom is -0.244 e. The normalized spacial score (nSPS) is 22.1. The molecule has 0 aromatic carbocycles. The number of nitrogens with zero attached hydrogens (tertiary/aromatic N) is 2. The summed E-state index contributed by atoms with van der Waals surface area (Å²) < 4.78 is 27.4. The third kappa shape index (κ3) is 2.77. The summed E-state index contributed by atoms with van der Waals surface area (Å²) in [6.45, 7) is 4.11. The molecule has 1 aromatic rings. The summed E-state index contributed by atoms with van der Waals surface area (Å²) in [6.07, 6.45) is 4.25. The van der Waals surface area contributed by atoms with Crippen LogP contribution in [0.15, 0.2) is 23.2 Å². The number of aromatic nitrogens is 1. The van der Waals surface area contributed by atoms with E-state index < -0.39 is 10.0 Å². The van der Waals surface area contributed by atoms with Crippen LogP contribution in [0.2, 0.25) is 0 Å². The minimum atomic E-state index is -3.69. The molecule has 5 nitrogen and oxygen atoms in total. The van der Waals surface area contributed by atoms with Crippen LogP contribution < -0.4 is 4.72 Å². The van der Waals surface area contributed by atoms with Crippen LogP contribution in [0, 0.1) is 16.7 Å². The molecule has 1 unspecified atom stereocenters. The van der Waals surface area contributed by atoms with Crippen molar-refractivity contribution >= 4 is 10.0 Å². The number of sulfonamides is 1. The van der Waals surface area contributed by atoms with E-state index in [-0.39, 0.29) is 22.0 Å². The lowest BCUT2D eigenvalue weighted by Gasteiger charge is -2.27. The molecule has 0 saturated heterocycles. The topological polar surface area (TPSA) is 82.8 Å². The van der Waals surface area contributed by atoms with Gasteiger partial charge in [0.25, 0.3) is 0 Å². The Hall–Kier alpha value is -1.45. The number of hydrogen-bond donors (Lipinski definition) is 1. The van der Waals surface area contributed by atoms with Gasteiger partial charge in [0.15, 0.2) is 5.69 Å². The zero-order chi connectivity index (χ0) is 14.1. The summed E-state index contributed by atoms with van der Waals surface area (Å²) in [5.74, 6) is 0. The van der Waals surface area contributed by atoms with Crippen molar-refractivity contribution in [1.82, 2.24) is 9.71 Å². The second-order valence-corrected chi connectivity index (χ2v) is 7.20. The molecule has 1 aliphatic rings. The lowest BCUT2D eigenvalue weighted by molar-refractivity contribution is 0.313. The van der Waals surface area contributed by atoms with Crippen LogP contribution >= 0.6 is 0 Å². The van der Waals surface area contributed by atoms with Crippen LogP contribution in [0.25, 0.3) is 0 Å². The number of pyridine rings is 1. The van der Waals surface area contributed by atoms with Crippen molar-refractivity contribution in [3.63, 3.8) is 0 Å². The lowest BCUT2D eigenvalue weighted by atomic mass is 9.88. The fraction of sp³-hybridized carbons (Fsp3) is 0.538. The van der Waals surface area contributed by atoms with Gasteiger partial charge >= 0.3 is 0 Å². The maximum absolute atomic E-state index is 12.4. The summed E-state index contributed by atoms with van der Waals surface area (Å²) in [6, 6.07) is 4.66. The van der Waals surface area contributed by atoms with Crippen molar-refractivity contribution in [3.8, 4) is 6.07 Å². The number of nitriles is 1. The molecule has 1 saturated carbocycles. The SMILES string of the molecule is CC1(C)CCCC1NS(=O)(=O)c1cccnc1C#N. The first-order valence-corrected chi connectivity index (χ1v) is 7.72. The Kier molecular flexibility index (Phi) is 3.61. The maximum Gasteiger partial charge on any atom is 0.243 e. The monoisotopic (exact) mass is 279 g/mol. The van der Waals surface area contributed by atoms with E-state index in [2.05, 4.69) is 23.6 Å². The van der Waals surface area contributed by atoms with Crippen LogP contribution in [-0.4, -0.2) is 19.4 Å². The quantitative estimate of drug-likeness (QED) is 0.914. The summed E-state index contributed by atoms with van der Waals surface area (Å²) in [7, 11) is -3.69. The Morgan fingerprint density at radius 1 is 1.53 bits per heavy atom. The fourth-order valence-electron chi connectivity index (χ4n) is 2.49. The molecule has 1 fully saturated rings. The highest BCUT2D eigenvalue weighted by Crippen LogP contribution is 2.37. The number of hydrogen-bond acceptors (Lipinski definition) is 4. The van der Waals surface area contributed by atoms with E-state index in [1.807, 2.05) is 6.07 Å². The minimum absolute atomic E-state index is 0.0415. The predicted octanol–water partition coefficient (Wildman–Crippen LogP) is 1.81. The first-order chi connectivity index (χ1) is 8.87. The molecule has 1 heterocycles. The molecule has 0 aliphatic heterocycles. The highest BCUT2D eigenvalue weighted by atomic mass is 32.2. The summed E-state index contributed by atoms with van der Waals surface area (Å²) in [5.41, 5.74) is -0.118. The highest BCUT2D eigenvalue weighted by molar-refractivity contribution is 7.89. The van der Waals surface area contributed by atoms with Crippen molar-refractivity contribution in [2.24, 2.45) is 5.41 Å². The van der Waals surface area contributed by atoms with Crippen molar-refractivity contribution in [2.45, 2.75) is 44.0 Å². The standard InChI is InChI=1S/C13H17N3O2S/c1-13(2)7-3-6-12(13)16-19(17,18)11-5-4-8-15-10(11)9-14/h4-5,8,12,16H,3,6-7H2,1-2H3. The summed E-state index contributed by atoms with van der Waals surface area (Å²) in [5, 5.41) is 8.94. The van der Waals surface area contributed by atoms with Crippen LogP contribution in [-0.2, 0) is 10.0 Å². The largest absolute Gasteiger partial charge is 0.244 e. The predicted molar refractivity (Wildman–Crippen MR) is 70.7 cm³/mol. The molecule has 2 rings (SSSR count). The van der Waals surface area contributed by atoms with Gasteiger partial charge in [0, 0.05) is 12.2 Å². The van der Waals surface area contributed by atoms with E-state index in [4.69, 9.17) is 5.26 Å². The van der Waals surface area contributed by atoms with Crippen LogP contribution in [0.4, 0.5) is 0 Å². The third-order valence-corrected chi connectivity index (χ3v) is 5.22. The van der Waals surface area contributed by atoms with Gasteiger partial charge in [-0.1, -0.05) is 20.3 Å². The van der Waals surface area contributed by atoms with Gasteiger partial charge in [0.2, 0.25) is 10.0 Å². The summed E-state index contributed by atoms with van der Waals surface area (Å²) in [4.78, 5) is 3.75. The number of nitrogens with one attached hydrogen (secondary N) is 1. The van der Waals surface area contributed by atoms with Crippen LogP contribution in [0.3, 0.4) is 0 Å². The molecule has 1 atom stereocenters. The van der Waals surface area contributed by atoms with E-state index in [1.54, 1.807) is 0 Å². The van der Waals surface area contributed by atoms with Crippen LogP contribution in [0.5, 0.6) is 0 Å². The van der Waals surface area contributed by atoms with E-state index >= 15 is 0 Å². The molecule has 1 aromatic heterocycles. The van der Waals surface area contributed by atoms with E-state index in [9.17, 15) is 8.42 Å². The molecular weight excluding hydrogens is 262 g/mol. The molecule has 0 spiro atoms. The molecule has 102 valence electrons. The molecule has 1 aliphatic carbocycles. The molecule has 19 heavy (non-hydrogen) atoms. The Morgan fingerprint density at radius 2 is 2.26 bits per heavy atom. The lowest BCUT2D eigenvalue weighted by Crippen LogP contribution is -2.41. The Labute approximate surface area is 113 Å². The Bertz CT molecular complexity index is 617. The van der Waals surface area contributed by atoms with Crippen LogP contribution in [0.1, 0.15) is 38.8 Å². The van der Waals surface area contributed by atoms with Gasteiger partial charge in [-0.2, -0.15) is 5.26 Å². The first kappa shape index (κ1) is 14.0. The van der Waals surface area contributed by atoms with E-state index in [1.165, 1.54) is 18.3 Å². The van der Waals surface area contributed by atoms with Crippen molar-refractivity contribution in [2.75, 3.05) is 0 Å². The zero-order valence-electron chi connectivity index (χ0n) is 11.0. The average molecular weight is 279 g/mol. The number of rotatable bonds is 3. The van der Waals surface area contributed by atoms with Gasteiger partial charge in [-0.25, -0.2) is 18.1 Å². The van der Waals surface area contributed by atoms with Gasteiger partial charge in [0.1, 0.15) is 11.0 Å². The first-order valence-electron chi connectivity index (χ1n) is 6.24. The molecular formula is C13H17N3O2S. The Morgan fingerprint density at radius 3 is 2.84 bits per heavy atom. The molecule has 0 amide bonds. The maximum atomic E-state index is 12.4. The molecule has 1 N–H and O–H groups in total. The smallest absolute Gasteiger partial charge is 0.243 e. The van der Waals surface area contributed by atoms with E-state index in [0.29, 0.717) is 0 Å². The molecule has 0 radical (unpaired) electrons. The van der Waals surface area contributed by atoms with Gasteiger partial charge in [-0.05, 0) is 30.4 Å². The average Bonchev–Trinajstić information content (AvgIpc) is 2.68. The van der Waals surface area contributed by atoms with Gasteiger partial charge in [0.05, 0.1) is 0 Å². The highest BCUT2D eigenvalue weighted by Gasteiger charge is 2.37. The fourth-order valence-corrected chi connectivity index (χ4v) is 4.04. The van der Waals surface area contributed by atoms with Crippen molar-refractivity contribution in [3.05, 3.63) is 24.0 Å². The molecule has 6 heteroatoms. The van der Waals surface area contributed by atoms with E-state index in [0.717, 1.165) is 19.3 Å². The van der Waals surface area contributed by atoms with Gasteiger partial charge in [-0.3, -0.25) is 0 Å². The third-order valence-electron chi connectivity index (χ3n) is 3.72. The molecule has 0 bridgehead atoms. The van der Waals surface area contributed by atoms with Gasteiger partial charge in [-0.15, -0.1) is 0 Å². The zero-order valence-corrected chi connectivity index (χ0v) is 11.9. The summed E-state index contributed by atoms with van der Waals surface area (Å²) >= 11 is 0. The van der Waals surface area contributed by atoms with Crippen molar-refractivity contribution in [1.29, 1.82) is 5.26 Å². The second kappa shape index (κ2) is 4.91. The Balaban J connectivity index is 2.32. The second-order valence-electron chi connectivity index (χ2n) is 5.52. The van der Waals surface area contributed by atoms with Crippen molar-refractivity contribution < 1.29 is 8.42 Å². The van der Waals surface area contributed by atoms with Gasteiger partial charge < -0.3 is 0 Å².